The first-order chi connectivity index (χ1) is 12.2. The molecule has 166 valence electrons. The van der Waals surface area contributed by atoms with Crippen LogP contribution in [0.1, 0.15) is 105 Å². The molecule has 0 radical (unpaired) electrons. The summed E-state index contributed by atoms with van der Waals surface area (Å²) >= 11 is -0.826. The van der Waals surface area contributed by atoms with Gasteiger partial charge in [-0.05, 0) is 66.1 Å². The Morgan fingerprint density at radius 3 is 1.32 bits per heavy atom. The van der Waals surface area contributed by atoms with Gasteiger partial charge in [0.25, 0.3) is 0 Å². The third kappa shape index (κ3) is 7.86. The van der Waals surface area contributed by atoms with Crippen molar-refractivity contribution in [2.24, 2.45) is 40.4 Å². The first-order valence-electron chi connectivity index (χ1n) is 11.2. The third-order valence-electron chi connectivity index (χ3n) is 8.48. The predicted octanol–water partition coefficient (Wildman–Crippen LogP) is 9.75. The summed E-state index contributed by atoms with van der Waals surface area (Å²) < 4.78 is 0. The van der Waals surface area contributed by atoms with E-state index in [1.807, 2.05) is 0 Å². The van der Waals surface area contributed by atoms with Gasteiger partial charge in [-0.25, -0.2) is 0 Å². The van der Waals surface area contributed by atoms with Gasteiger partial charge in [0, 0.05) is 0 Å². The molecule has 0 N–H and O–H groups in total. The van der Waals surface area contributed by atoms with Gasteiger partial charge in [-0.1, -0.05) is 79.6 Å². The van der Waals surface area contributed by atoms with E-state index in [0.717, 1.165) is 29.6 Å². The van der Waals surface area contributed by atoms with Crippen molar-refractivity contribution in [1.29, 1.82) is 0 Å². The molecule has 0 aromatic heterocycles. The second-order valence-corrected chi connectivity index (χ2v) is 14.8. The van der Waals surface area contributed by atoms with Gasteiger partial charge in [-0.3, -0.25) is 0 Å². The molecule has 0 amide bonds. The van der Waals surface area contributed by atoms with E-state index in [2.05, 4.69) is 34.6 Å². The molecule has 0 bridgehead atoms. The molecule has 28 heavy (non-hydrogen) atoms. The SMILES string of the molecule is CC1(C)CCC(C)(C)C2CC3CCCC3CC21.CC1CCCC1.[CH3-].[CH3-].[Cl][Zr+2][Cl]. The van der Waals surface area contributed by atoms with Crippen LogP contribution in [0.3, 0.4) is 0 Å². The molecule has 0 aromatic rings. The van der Waals surface area contributed by atoms with Crippen LogP contribution in [0.5, 0.6) is 0 Å². The van der Waals surface area contributed by atoms with Crippen LogP contribution < -0.4 is 0 Å². The number of rotatable bonds is 0. The second-order valence-electron chi connectivity index (χ2n) is 11.1. The van der Waals surface area contributed by atoms with E-state index in [-0.39, 0.29) is 14.9 Å². The summed E-state index contributed by atoms with van der Waals surface area (Å²) in [5.41, 5.74) is 1.24. The summed E-state index contributed by atoms with van der Waals surface area (Å²) in [6.45, 7) is 12.5. The van der Waals surface area contributed by atoms with Crippen molar-refractivity contribution in [2.45, 2.75) is 105 Å². The van der Waals surface area contributed by atoms with Gasteiger partial charge >= 0.3 is 37.9 Å². The summed E-state index contributed by atoms with van der Waals surface area (Å²) in [7, 11) is 9.87. The van der Waals surface area contributed by atoms with Crippen molar-refractivity contribution in [3.05, 3.63) is 14.9 Å². The Balaban J connectivity index is 0.000000562. The van der Waals surface area contributed by atoms with Crippen molar-refractivity contribution in [1.82, 2.24) is 0 Å². The molecule has 4 aliphatic rings. The van der Waals surface area contributed by atoms with E-state index >= 15 is 0 Å². The maximum absolute atomic E-state index is 4.93. The minimum atomic E-state index is -0.826. The Kier molecular flexibility index (Phi) is 13.8. The minimum absolute atomic E-state index is 0. The van der Waals surface area contributed by atoms with Crippen LogP contribution in [0.15, 0.2) is 0 Å². The second kappa shape index (κ2) is 13.1. The Morgan fingerprint density at radius 1 is 0.679 bits per heavy atom. The normalized spacial score (nSPS) is 34.5. The van der Waals surface area contributed by atoms with Crippen LogP contribution in [0.25, 0.3) is 0 Å². The average molecular weight is 511 g/mol. The van der Waals surface area contributed by atoms with Crippen LogP contribution >= 0.6 is 17.0 Å². The number of fused-ring (bicyclic) bond motifs is 2. The van der Waals surface area contributed by atoms with Gasteiger partial charge in [0.2, 0.25) is 0 Å². The fourth-order valence-electron chi connectivity index (χ4n) is 6.59. The topological polar surface area (TPSA) is 0 Å². The predicted molar refractivity (Wildman–Crippen MR) is 126 cm³/mol. The molecule has 0 spiro atoms. The van der Waals surface area contributed by atoms with Gasteiger partial charge in [0.1, 0.15) is 0 Å². The van der Waals surface area contributed by atoms with E-state index in [1.54, 1.807) is 25.7 Å². The monoisotopic (exact) mass is 508 g/mol. The van der Waals surface area contributed by atoms with Gasteiger partial charge in [-0.2, -0.15) is 0 Å². The standard InChI is InChI=1S/C17H30.C6H12.2CH3.2ClH.Zr/c1-16(2)8-9-17(3,4)15-11-13-7-5-6-12(13)10-14(15)16;1-6-4-2-3-5-6;;;;;/h12-15H,5-11H2,1-4H3;6H,2-5H2,1H3;2*1H3;2*1H;/q;;2*-1;;;+4/p-2. The number of hydrogen-bond acceptors (Lipinski definition) is 0. The van der Waals surface area contributed by atoms with Crippen molar-refractivity contribution < 1.29 is 20.8 Å². The molecule has 4 rings (SSSR count). The molecular formula is C25H48Cl2Zr. The fraction of sp³-hybridized carbons (Fsp3) is 0.920. The molecule has 0 heterocycles. The summed E-state index contributed by atoms with van der Waals surface area (Å²) in [4.78, 5) is 0. The first kappa shape index (κ1) is 29.5. The summed E-state index contributed by atoms with van der Waals surface area (Å²) in [6, 6.07) is 0. The zero-order chi connectivity index (χ0) is 19.4. The third-order valence-corrected chi connectivity index (χ3v) is 8.48. The van der Waals surface area contributed by atoms with Crippen LogP contribution in [-0.4, -0.2) is 0 Å². The molecule has 4 fully saturated rings. The molecule has 0 aromatic carbocycles. The first-order valence-corrected chi connectivity index (χ1v) is 17.5. The van der Waals surface area contributed by atoms with Crippen molar-refractivity contribution in [2.75, 3.05) is 0 Å². The van der Waals surface area contributed by atoms with E-state index in [0.29, 0.717) is 10.8 Å². The summed E-state index contributed by atoms with van der Waals surface area (Å²) in [5.74, 6) is 5.29. The number of halogens is 2. The van der Waals surface area contributed by atoms with E-state index in [9.17, 15) is 0 Å². The molecular weight excluding hydrogens is 462 g/mol. The van der Waals surface area contributed by atoms with Gasteiger partial charge in [0.15, 0.2) is 0 Å². The molecule has 0 saturated heterocycles. The summed E-state index contributed by atoms with van der Waals surface area (Å²) in [6.07, 6.45) is 16.6. The Bertz CT molecular complexity index is 385. The fourth-order valence-corrected chi connectivity index (χ4v) is 6.59. The molecule has 4 atom stereocenters. The van der Waals surface area contributed by atoms with Gasteiger partial charge in [-0.15, -0.1) is 0 Å². The Hall–Kier alpha value is 1.46. The maximum atomic E-state index is 4.93. The molecule has 0 nitrogen and oxygen atoms in total. The number of hydrogen-bond donors (Lipinski definition) is 0. The van der Waals surface area contributed by atoms with Gasteiger partial charge in [0.05, 0.1) is 0 Å². The Labute approximate surface area is 197 Å². The molecule has 4 aliphatic carbocycles. The van der Waals surface area contributed by atoms with Crippen molar-refractivity contribution >= 4 is 17.0 Å². The van der Waals surface area contributed by atoms with Crippen LogP contribution in [0.4, 0.5) is 0 Å². The quantitative estimate of drug-likeness (QED) is 0.284. The molecule has 4 saturated carbocycles. The van der Waals surface area contributed by atoms with Crippen molar-refractivity contribution in [3.63, 3.8) is 0 Å². The zero-order valence-electron chi connectivity index (χ0n) is 19.9. The van der Waals surface area contributed by atoms with E-state index < -0.39 is 20.8 Å². The molecule has 3 heteroatoms. The molecule has 0 aliphatic heterocycles. The molecule has 4 unspecified atom stereocenters. The van der Waals surface area contributed by atoms with Crippen LogP contribution in [0, 0.1) is 55.3 Å². The van der Waals surface area contributed by atoms with Crippen LogP contribution in [-0.2, 0) is 20.8 Å². The summed E-state index contributed by atoms with van der Waals surface area (Å²) in [5, 5.41) is 0. The van der Waals surface area contributed by atoms with E-state index in [4.69, 9.17) is 17.0 Å². The van der Waals surface area contributed by atoms with Crippen LogP contribution in [0.2, 0.25) is 0 Å². The Morgan fingerprint density at radius 2 is 1.04 bits per heavy atom. The zero-order valence-corrected chi connectivity index (χ0v) is 23.9. The van der Waals surface area contributed by atoms with E-state index in [1.165, 1.54) is 44.9 Å². The average Bonchev–Trinajstić information content (AvgIpc) is 3.23. The van der Waals surface area contributed by atoms with Crippen molar-refractivity contribution in [3.8, 4) is 0 Å². The van der Waals surface area contributed by atoms with Gasteiger partial charge < -0.3 is 14.9 Å².